The molecule has 2 N–H and O–H groups in total. The van der Waals surface area contributed by atoms with Crippen LogP contribution >= 0.6 is 0 Å². The first-order valence-corrected chi connectivity index (χ1v) is 17.5. The maximum Gasteiger partial charge on any atom is 0.245 e. The van der Waals surface area contributed by atoms with Gasteiger partial charge in [-0.3, -0.25) is 9.59 Å². The molecule has 2 aliphatic rings. The van der Waals surface area contributed by atoms with Gasteiger partial charge in [0.05, 0.1) is 16.4 Å². The molecule has 2 heterocycles. The Balaban J connectivity index is 0.000000425. The van der Waals surface area contributed by atoms with Crippen LogP contribution in [0.2, 0.25) is 0 Å². The Morgan fingerprint density at radius 2 is 1.12 bits per heavy atom. The van der Waals surface area contributed by atoms with Gasteiger partial charge in [-0.1, -0.05) is 5.92 Å². The first kappa shape index (κ1) is 38.0. The smallest absolute Gasteiger partial charge is 0.245 e. The zero-order valence-electron chi connectivity index (χ0n) is 27.0. The summed E-state index contributed by atoms with van der Waals surface area (Å²) in [6, 6.07) is 11.8. The molecule has 0 saturated carbocycles. The SMILES string of the molecule is C#CC#CC#CC#CC#CC#CC.CC(=O)Nc1ccc(S(=O)(=O)N2CCC3(CC2)OCCN3S(=O)(=O)c2ccc(NC(C)=O)cc2)cc1. The molecule has 49 heavy (non-hydrogen) atoms. The van der Waals surface area contributed by atoms with Crippen LogP contribution in [0.25, 0.3) is 0 Å². The molecule has 2 amide bonds. The summed E-state index contributed by atoms with van der Waals surface area (Å²) in [6.45, 7) is 4.98. The number of terminal acetylenes is 1. The average molecular weight is 697 g/mol. The van der Waals surface area contributed by atoms with Crippen molar-refractivity contribution in [3.63, 3.8) is 0 Å². The molecule has 250 valence electrons. The summed E-state index contributed by atoms with van der Waals surface area (Å²) >= 11 is 0. The van der Waals surface area contributed by atoms with E-state index in [4.69, 9.17) is 11.2 Å². The third-order valence-electron chi connectivity index (χ3n) is 6.90. The maximum absolute atomic E-state index is 13.4. The zero-order valence-corrected chi connectivity index (χ0v) is 28.6. The van der Waals surface area contributed by atoms with Crippen LogP contribution in [0.15, 0.2) is 58.3 Å². The number of sulfonamides is 2. The molecule has 0 atom stereocenters. The van der Waals surface area contributed by atoms with Crippen LogP contribution in [0.4, 0.5) is 11.4 Å². The van der Waals surface area contributed by atoms with Crippen molar-refractivity contribution >= 4 is 43.2 Å². The number of rotatable bonds is 6. The number of benzene rings is 2. The maximum atomic E-state index is 13.4. The normalized spacial score (nSPS) is 14.7. The van der Waals surface area contributed by atoms with Crippen LogP contribution in [0.3, 0.4) is 0 Å². The van der Waals surface area contributed by atoms with Crippen molar-refractivity contribution in [3.8, 4) is 71.5 Å². The standard InChI is InChI=1S/C23H28N4O7S2.C13H4/c1-17(28)24-19-3-7-21(8-4-19)35(30,31)26-13-11-23(12-14-26)27(15-16-34-23)36(32,33)22-9-5-20(6-10-22)25-18(2)29;1-3-5-7-9-11-13-12-10-8-6-4-2/h3-10H,11-16H2,1-2H3,(H,24,28)(H,25,29);1H,2H3. The number of hydrogen-bond acceptors (Lipinski definition) is 7. The zero-order chi connectivity index (χ0) is 35.9. The van der Waals surface area contributed by atoms with Crippen molar-refractivity contribution in [1.29, 1.82) is 0 Å². The minimum Gasteiger partial charge on any atom is -0.358 e. The van der Waals surface area contributed by atoms with E-state index in [-0.39, 0.29) is 60.7 Å². The van der Waals surface area contributed by atoms with E-state index in [2.05, 4.69) is 75.8 Å². The Bertz CT molecular complexity index is 2140. The highest BCUT2D eigenvalue weighted by molar-refractivity contribution is 7.89. The van der Waals surface area contributed by atoms with E-state index in [1.54, 1.807) is 6.92 Å². The molecule has 11 nitrogen and oxygen atoms in total. The minimum absolute atomic E-state index is 0.0655. The van der Waals surface area contributed by atoms with Crippen LogP contribution in [-0.2, 0) is 34.4 Å². The Kier molecular flexibility index (Phi) is 13.6. The van der Waals surface area contributed by atoms with Crippen molar-refractivity contribution < 1.29 is 31.2 Å². The first-order chi connectivity index (χ1) is 23.4. The molecule has 4 rings (SSSR count). The number of amides is 2. The number of nitrogens with one attached hydrogen (secondary N) is 2. The summed E-state index contributed by atoms with van der Waals surface area (Å²) in [7, 11) is -7.73. The molecule has 0 unspecified atom stereocenters. The number of carbonyl (C=O) groups excluding carboxylic acids is 2. The average Bonchev–Trinajstić information content (AvgIpc) is 3.48. The second kappa shape index (κ2) is 17.6. The van der Waals surface area contributed by atoms with E-state index in [9.17, 15) is 26.4 Å². The van der Waals surface area contributed by atoms with Crippen LogP contribution in [0, 0.1) is 71.5 Å². The Hall–Kier alpha value is -5.48. The van der Waals surface area contributed by atoms with Crippen LogP contribution in [-0.4, -0.2) is 69.2 Å². The summed E-state index contributed by atoms with van der Waals surface area (Å²) in [4.78, 5) is 22.6. The minimum atomic E-state index is -3.92. The number of ether oxygens (including phenoxy) is 1. The summed E-state index contributed by atoms with van der Waals surface area (Å²) < 4.78 is 61.8. The lowest BCUT2D eigenvalue weighted by atomic mass is 10.0. The van der Waals surface area contributed by atoms with E-state index < -0.39 is 25.8 Å². The largest absolute Gasteiger partial charge is 0.358 e. The van der Waals surface area contributed by atoms with Gasteiger partial charge in [0.15, 0.2) is 0 Å². The highest BCUT2D eigenvalue weighted by atomic mass is 32.2. The first-order valence-electron chi connectivity index (χ1n) is 14.7. The van der Waals surface area contributed by atoms with Gasteiger partial charge in [0, 0.05) is 57.7 Å². The van der Waals surface area contributed by atoms with Gasteiger partial charge >= 0.3 is 0 Å². The number of carbonyl (C=O) groups is 2. The van der Waals surface area contributed by atoms with Crippen molar-refractivity contribution in [2.75, 3.05) is 36.9 Å². The van der Waals surface area contributed by atoms with Crippen LogP contribution < -0.4 is 10.6 Å². The molecular formula is C36H32N4O7S2. The fraction of sp³-hybridized carbons (Fsp3) is 0.278. The molecular weight excluding hydrogens is 665 g/mol. The lowest BCUT2D eigenvalue weighted by Gasteiger charge is -2.42. The van der Waals surface area contributed by atoms with Crippen LogP contribution in [0.5, 0.6) is 0 Å². The predicted octanol–water partition coefficient (Wildman–Crippen LogP) is 2.46. The van der Waals surface area contributed by atoms with E-state index >= 15 is 0 Å². The Morgan fingerprint density at radius 1 is 0.694 bits per heavy atom. The third kappa shape index (κ3) is 10.5. The fourth-order valence-electron chi connectivity index (χ4n) is 4.82. The van der Waals surface area contributed by atoms with E-state index in [0.717, 1.165) is 0 Å². The number of nitrogens with zero attached hydrogens (tertiary/aromatic N) is 2. The third-order valence-corrected chi connectivity index (χ3v) is 10.8. The van der Waals surface area contributed by atoms with Gasteiger partial charge in [-0.05, 0) is 115 Å². The summed E-state index contributed by atoms with van der Waals surface area (Å²) in [5.41, 5.74) is -0.155. The highest BCUT2D eigenvalue weighted by Gasteiger charge is 2.51. The van der Waals surface area contributed by atoms with Gasteiger partial charge in [0.25, 0.3) is 0 Å². The van der Waals surface area contributed by atoms with Gasteiger partial charge in [-0.15, -0.1) is 6.42 Å². The molecule has 1 spiro atoms. The molecule has 2 aliphatic heterocycles. The predicted molar refractivity (Wildman–Crippen MR) is 185 cm³/mol. The molecule has 2 saturated heterocycles. The molecule has 0 aromatic heterocycles. The van der Waals surface area contributed by atoms with Crippen LogP contribution in [0.1, 0.15) is 33.6 Å². The fourth-order valence-corrected chi connectivity index (χ4v) is 7.99. The molecule has 0 aliphatic carbocycles. The second-order valence-electron chi connectivity index (χ2n) is 10.2. The molecule has 0 bridgehead atoms. The van der Waals surface area contributed by atoms with E-state index in [0.29, 0.717) is 11.4 Å². The van der Waals surface area contributed by atoms with Crippen molar-refractivity contribution in [1.82, 2.24) is 8.61 Å². The molecule has 13 heteroatoms. The van der Waals surface area contributed by atoms with E-state index in [1.807, 2.05) is 0 Å². The second-order valence-corrected chi connectivity index (χ2v) is 14.0. The lowest BCUT2D eigenvalue weighted by Crippen LogP contribution is -2.55. The van der Waals surface area contributed by atoms with Gasteiger partial charge in [-0.25, -0.2) is 16.8 Å². The molecule has 2 fully saturated rings. The van der Waals surface area contributed by atoms with Crippen molar-refractivity contribution in [2.45, 2.75) is 49.1 Å². The molecule has 2 aromatic rings. The van der Waals surface area contributed by atoms with Crippen molar-refractivity contribution in [2.24, 2.45) is 0 Å². The Morgan fingerprint density at radius 3 is 1.55 bits per heavy atom. The topological polar surface area (TPSA) is 142 Å². The lowest BCUT2D eigenvalue weighted by molar-refractivity contribution is -0.115. The molecule has 0 radical (unpaired) electrons. The number of hydrogen-bond donors (Lipinski definition) is 2. The van der Waals surface area contributed by atoms with Gasteiger partial charge in [0.1, 0.15) is 5.72 Å². The Labute approximate surface area is 288 Å². The summed E-state index contributed by atoms with van der Waals surface area (Å²) in [5, 5.41) is 5.20. The summed E-state index contributed by atoms with van der Waals surface area (Å²) in [6.07, 6.45) is 5.22. The summed E-state index contributed by atoms with van der Waals surface area (Å²) in [5.74, 6) is 26.4. The highest BCUT2D eigenvalue weighted by Crippen LogP contribution is 2.39. The number of piperidine rings is 1. The van der Waals surface area contributed by atoms with Gasteiger partial charge in [-0.2, -0.15) is 8.61 Å². The van der Waals surface area contributed by atoms with Gasteiger partial charge in [0.2, 0.25) is 31.9 Å². The monoisotopic (exact) mass is 696 g/mol. The van der Waals surface area contributed by atoms with E-state index in [1.165, 1.54) is 71.0 Å². The molecule has 2 aromatic carbocycles. The van der Waals surface area contributed by atoms with Gasteiger partial charge < -0.3 is 15.4 Å². The quantitative estimate of drug-likeness (QED) is 0.442. The number of anilines is 2. The van der Waals surface area contributed by atoms with Crippen molar-refractivity contribution in [3.05, 3.63) is 48.5 Å².